The number of carbonyl (C=O) groups is 1. The van der Waals surface area contributed by atoms with Crippen LogP contribution in [0.1, 0.15) is 15.9 Å². The Morgan fingerprint density at radius 2 is 1.83 bits per heavy atom. The normalized spacial score (nSPS) is 18.3. The summed E-state index contributed by atoms with van der Waals surface area (Å²) in [5.41, 5.74) is 8.21. The van der Waals surface area contributed by atoms with E-state index in [1.165, 1.54) is 0 Å². The quantitative estimate of drug-likeness (QED) is 0.874. The summed E-state index contributed by atoms with van der Waals surface area (Å²) < 4.78 is 0. The van der Waals surface area contributed by atoms with Gasteiger partial charge in [-0.1, -0.05) is 12.1 Å². The molecular formula is C18H22N4O2. The van der Waals surface area contributed by atoms with Crippen molar-refractivity contribution < 1.29 is 9.90 Å². The zero-order valence-electron chi connectivity index (χ0n) is 13.5. The number of carbonyl (C=O) groups excluding carboxylic acids is 1. The van der Waals surface area contributed by atoms with Gasteiger partial charge in [0, 0.05) is 56.4 Å². The topological polar surface area (TPSA) is 82.7 Å². The number of hydrogen-bond donors (Lipinski definition) is 2. The van der Waals surface area contributed by atoms with Gasteiger partial charge in [0.2, 0.25) is 0 Å². The number of anilines is 1. The fourth-order valence-electron chi connectivity index (χ4n) is 2.93. The van der Waals surface area contributed by atoms with Crippen LogP contribution in [0.25, 0.3) is 0 Å². The molecule has 0 spiro atoms. The monoisotopic (exact) mass is 326 g/mol. The molecule has 1 aliphatic heterocycles. The van der Waals surface area contributed by atoms with Gasteiger partial charge in [-0.05, 0) is 29.8 Å². The van der Waals surface area contributed by atoms with Crippen molar-refractivity contribution in [3.63, 3.8) is 0 Å². The van der Waals surface area contributed by atoms with Gasteiger partial charge in [0.1, 0.15) is 0 Å². The molecule has 1 aromatic carbocycles. The molecule has 1 amide bonds. The van der Waals surface area contributed by atoms with Crippen molar-refractivity contribution in [3.05, 3.63) is 59.9 Å². The lowest BCUT2D eigenvalue weighted by Gasteiger charge is -2.23. The number of hydrogen-bond acceptors (Lipinski definition) is 5. The zero-order valence-corrected chi connectivity index (χ0v) is 13.5. The second-order valence-corrected chi connectivity index (χ2v) is 5.96. The van der Waals surface area contributed by atoms with Crippen LogP contribution in [0.4, 0.5) is 5.69 Å². The minimum Gasteiger partial charge on any atom is -0.389 e. The molecular weight excluding hydrogens is 304 g/mol. The molecule has 1 aliphatic rings. The van der Waals surface area contributed by atoms with E-state index in [0.717, 1.165) is 11.3 Å². The van der Waals surface area contributed by atoms with Crippen molar-refractivity contribution >= 4 is 11.6 Å². The first kappa shape index (κ1) is 16.4. The number of β-amino-alcohol motifs (C(OH)–C–C–N with tert-alkyl or cyclic N) is 1. The Balaban J connectivity index is 1.71. The Hall–Kier alpha value is -2.44. The van der Waals surface area contributed by atoms with Crippen molar-refractivity contribution in [2.75, 3.05) is 31.1 Å². The third kappa shape index (κ3) is 3.72. The minimum absolute atomic E-state index is 0.0609. The predicted molar refractivity (Wildman–Crippen MR) is 92.7 cm³/mol. The standard InChI is InChI=1S/C18H22N4O2/c19-11-14-1-3-15(4-2-14)18(24)22-10-9-21(12-17(23)13-22)16-5-7-20-8-6-16/h1-8,17,23H,9-13,19H2/t17-/m1/s1. The lowest BCUT2D eigenvalue weighted by molar-refractivity contribution is 0.0674. The van der Waals surface area contributed by atoms with Crippen LogP contribution in [0.5, 0.6) is 0 Å². The number of aliphatic hydroxyl groups excluding tert-OH is 1. The molecule has 2 aromatic rings. The molecule has 0 radical (unpaired) electrons. The third-order valence-corrected chi connectivity index (χ3v) is 4.25. The average molecular weight is 326 g/mol. The van der Waals surface area contributed by atoms with Crippen LogP contribution in [0.3, 0.4) is 0 Å². The van der Waals surface area contributed by atoms with Crippen LogP contribution in [0.15, 0.2) is 48.8 Å². The second kappa shape index (κ2) is 7.42. The van der Waals surface area contributed by atoms with E-state index in [1.807, 2.05) is 24.3 Å². The summed E-state index contributed by atoms with van der Waals surface area (Å²) >= 11 is 0. The van der Waals surface area contributed by atoms with E-state index in [9.17, 15) is 9.90 Å². The summed E-state index contributed by atoms with van der Waals surface area (Å²) in [6.07, 6.45) is 2.87. The van der Waals surface area contributed by atoms with E-state index in [4.69, 9.17) is 5.73 Å². The van der Waals surface area contributed by atoms with E-state index in [1.54, 1.807) is 29.4 Å². The first-order valence-corrected chi connectivity index (χ1v) is 8.08. The van der Waals surface area contributed by atoms with Crippen molar-refractivity contribution in [1.82, 2.24) is 9.88 Å². The molecule has 3 N–H and O–H groups in total. The molecule has 0 unspecified atom stereocenters. The number of amides is 1. The largest absolute Gasteiger partial charge is 0.389 e. The highest BCUT2D eigenvalue weighted by Gasteiger charge is 2.25. The first-order chi connectivity index (χ1) is 11.7. The maximum atomic E-state index is 12.7. The molecule has 126 valence electrons. The van der Waals surface area contributed by atoms with Crippen LogP contribution >= 0.6 is 0 Å². The van der Waals surface area contributed by atoms with Gasteiger partial charge in [0.15, 0.2) is 0 Å². The summed E-state index contributed by atoms with van der Waals surface area (Å²) in [5.74, 6) is -0.0609. The fraction of sp³-hybridized carbons (Fsp3) is 0.333. The highest BCUT2D eigenvalue weighted by Crippen LogP contribution is 2.17. The number of nitrogens with zero attached hydrogens (tertiary/aromatic N) is 3. The summed E-state index contributed by atoms with van der Waals surface area (Å²) in [5, 5.41) is 10.3. The van der Waals surface area contributed by atoms with Crippen molar-refractivity contribution in [3.8, 4) is 0 Å². The Labute approximate surface area is 141 Å². The van der Waals surface area contributed by atoms with Gasteiger partial charge in [-0.25, -0.2) is 0 Å². The number of nitrogens with two attached hydrogens (primary N) is 1. The molecule has 0 bridgehead atoms. The lowest BCUT2D eigenvalue weighted by atomic mass is 10.1. The smallest absolute Gasteiger partial charge is 0.254 e. The summed E-state index contributed by atoms with van der Waals surface area (Å²) in [6, 6.07) is 11.1. The summed E-state index contributed by atoms with van der Waals surface area (Å²) in [4.78, 5) is 20.5. The van der Waals surface area contributed by atoms with Gasteiger partial charge in [-0.3, -0.25) is 9.78 Å². The summed E-state index contributed by atoms with van der Waals surface area (Å²) in [7, 11) is 0. The van der Waals surface area contributed by atoms with E-state index in [-0.39, 0.29) is 5.91 Å². The molecule has 1 aromatic heterocycles. The zero-order chi connectivity index (χ0) is 16.9. The number of aliphatic hydroxyl groups is 1. The van der Waals surface area contributed by atoms with Gasteiger partial charge in [-0.15, -0.1) is 0 Å². The third-order valence-electron chi connectivity index (χ3n) is 4.25. The SMILES string of the molecule is NCc1ccc(C(=O)N2CCN(c3ccncc3)C[C@@H](O)C2)cc1. The predicted octanol–water partition coefficient (Wildman–Crippen LogP) is 0.864. The van der Waals surface area contributed by atoms with E-state index >= 15 is 0 Å². The molecule has 6 nitrogen and oxygen atoms in total. The summed E-state index contributed by atoms with van der Waals surface area (Å²) in [6.45, 7) is 2.53. The van der Waals surface area contributed by atoms with Crippen LogP contribution in [-0.4, -0.2) is 53.2 Å². The van der Waals surface area contributed by atoms with Crippen molar-refractivity contribution in [1.29, 1.82) is 0 Å². The molecule has 2 heterocycles. The highest BCUT2D eigenvalue weighted by molar-refractivity contribution is 5.94. The Morgan fingerprint density at radius 3 is 2.50 bits per heavy atom. The van der Waals surface area contributed by atoms with Gasteiger partial charge in [0.05, 0.1) is 6.10 Å². The van der Waals surface area contributed by atoms with Gasteiger partial charge < -0.3 is 20.6 Å². The highest BCUT2D eigenvalue weighted by atomic mass is 16.3. The van der Waals surface area contributed by atoms with Crippen molar-refractivity contribution in [2.24, 2.45) is 5.73 Å². The van der Waals surface area contributed by atoms with Crippen LogP contribution in [0, 0.1) is 0 Å². The van der Waals surface area contributed by atoms with Gasteiger partial charge >= 0.3 is 0 Å². The number of rotatable bonds is 3. The van der Waals surface area contributed by atoms with E-state index in [0.29, 0.717) is 38.3 Å². The van der Waals surface area contributed by atoms with E-state index in [2.05, 4.69) is 9.88 Å². The molecule has 1 saturated heterocycles. The molecule has 0 saturated carbocycles. The molecule has 6 heteroatoms. The van der Waals surface area contributed by atoms with Crippen LogP contribution < -0.4 is 10.6 Å². The van der Waals surface area contributed by atoms with E-state index < -0.39 is 6.10 Å². The fourth-order valence-corrected chi connectivity index (χ4v) is 2.93. The average Bonchev–Trinajstić information content (AvgIpc) is 2.83. The Morgan fingerprint density at radius 1 is 1.12 bits per heavy atom. The molecule has 3 rings (SSSR count). The first-order valence-electron chi connectivity index (χ1n) is 8.08. The van der Waals surface area contributed by atoms with Crippen molar-refractivity contribution in [2.45, 2.75) is 12.6 Å². The van der Waals surface area contributed by atoms with Crippen LogP contribution in [-0.2, 0) is 6.54 Å². The number of aromatic nitrogens is 1. The Bertz CT molecular complexity index is 675. The van der Waals surface area contributed by atoms with Gasteiger partial charge in [-0.2, -0.15) is 0 Å². The maximum absolute atomic E-state index is 12.7. The molecule has 0 aliphatic carbocycles. The number of pyridine rings is 1. The number of benzene rings is 1. The van der Waals surface area contributed by atoms with Crippen LogP contribution in [0.2, 0.25) is 0 Å². The molecule has 1 atom stereocenters. The lowest BCUT2D eigenvalue weighted by Crippen LogP contribution is -2.37. The maximum Gasteiger partial charge on any atom is 0.254 e. The minimum atomic E-state index is -0.590. The second-order valence-electron chi connectivity index (χ2n) is 5.96. The Kier molecular flexibility index (Phi) is 5.08. The molecule has 24 heavy (non-hydrogen) atoms. The molecule has 1 fully saturated rings. The van der Waals surface area contributed by atoms with Gasteiger partial charge in [0.25, 0.3) is 5.91 Å².